The van der Waals surface area contributed by atoms with Crippen LogP contribution in [0.1, 0.15) is 5.56 Å². The van der Waals surface area contributed by atoms with E-state index in [1.54, 1.807) is 30.5 Å². The van der Waals surface area contributed by atoms with Crippen LogP contribution in [-0.4, -0.2) is 24.3 Å². The number of imidazole rings is 1. The van der Waals surface area contributed by atoms with Crippen LogP contribution in [0, 0.1) is 5.82 Å². The number of aromatic nitrogens is 2. The number of hydrogen-bond donors (Lipinski definition) is 1. The zero-order chi connectivity index (χ0) is 21.8. The molecule has 0 aliphatic heterocycles. The van der Waals surface area contributed by atoms with E-state index in [1.807, 2.05) is 30.3 Å². The van der Waals surface area contributed by atoms with Gasteiger partial charge in [0, 0.05) is 10.0 Å². The number of rotatable bonds is 6. The summed E-state index contributed by atoms with van der Waals surface area (Å²) >= 11 is 3.29. The van der Waals surface area contributed by atoms with Gasteiger partial charge >= 0.3 is 0 Å². The molecule has 0 spiro atoms. The van der Waals surface area contributed by atoms with Gasteiger partial charge in [-0.15, -0.1) is 0 Å². The van der Waals surface area contributed by atoms with Crippen LogP contribution in [0.2, 0.25) is 0 Å². The highest BCUT2D eigenvalue weighted by Gasteiger charge is 2.19. The molecule has 1 N–H and O–H groups in total. The second-order valence-corrected chi connectivity index (χ2v) is 9.11. The van der Waals surface area contributed by atoms with E-state index in [1.165, 1.54) is 35.2 Å². The highest BCUT2D eigenvalue weighted by molar-refractivity contribution is 9.10. The van der Waals surface area contributed by atoms with E-state index < -0.39 is 10.0 Å². The van der Waals surface area contributed by atoms with Crippen LogP contribution >= 0.6 is 15.9 Å². The molecule has 3 aromatic carbocycles. The lowest BCUT2D eigenvalue weighted by molar-refractivity contribution is 0.600. The van der Waals surface area contributed by atoms with Crippen LogP contribution < -0.4 is 4.72 Å². The van der Waals surface area contributed by atoms with Gasteiger partial charge in [0.25, 0.3) is 10.0 Å². The molecule has 4 rings (SSSR count). The van der Waals surface area contributed by atoms with Gasteiger partial charge in [-0.05, 0) is 42.0 Å². The summed E-state index contributed by atoms with van der Waals surface area (Å²) < 4.78 is 43.4. The fraction of sp³-hybridized carbons (Fsp3) is 0. The van der Waals surface area contributed by atoms with Gasteiger partial charge in [0.05, 0.1) is 23.0 Å². The minimum atomic E-state index is -3.89. The number of nitrogens with zero attached hydrogens (tertiary/aromatic N) is 3. The van der Waals surface area contributed by atoms with Crippen molar-refractivity contribution in [2.45, 2.75) is 4.90 Å². The number of benzene rings is 3. The van der Waals surface area contributed by atoms with Crippen LogP contribution in [0.4, 0.5) is 10.3 Å². The van der Waals surface area contributed by atoms with Gasteiger partial charge in [0.15, 0.2) is 0 Å². The van der Waals surface area contributed by atoms with Crippen LogP contribution in [0.5, 0.6) is 0 Å². The van der Waals surface area contributed by atoms with E-state index in [0.29, 0.717) is 11.3 Å². The Kier molecular flexibility index (Phi) is 5.97. The molecule has 0 aliphatic rings. The molecule has 0 aliphatic carbocycles. The maximum Gasteiger partial charge on any atom is 0.264 e. The van der Waals surface area contributed by atoms with Crippen LogP contribution in [-0.2, 0) is 10.0 Å². The van der Waals surface area contributed by atoms with Crippen molar-refractivity contribution >= 4 is 38.1 Å². The lowest BCUT2D eigenvalue weighted by Crippen LogP contribution is -2.15. The fourth-order valence-corrected chi connectivity index (χ4v) is 4.00. The molecule has 4 aromatic rings. The van der Waals surface area contributed by atoms with Gasteiger partial charge in [-0.2, -0.15) is 5.10 Å². The molecule has 0 unspecified atom stereocenters. The van der Waals surface area contributed by atoms with Gasteiger partial charge < -0.3 is 0 Å². The fourth-order valence-electron chi connectivity index (χ4n) is 2.75. The smallest absolute Gasteiger partial charge is 0.247 e. The van der Waals surface area contributed by atoms with E-state index >= 15 is 0 Å². The largest absolute Gasteiger partial charge is 0.264 e. The quantitative estimate of drug-likeness (QED) is 0.374. The van der Waals surface area contributed by atoms with E-state index in [-0.39, 0.29) is 16.7 Å². The molecule has 0 saturated carbocycles. The van der Waals surface area contributed by atoms with E-state index in [9.17, 15) is 12.8 Å². The molecule has 0 radical (unpaired) electrons. The SMILES string of the molecule is O=S(=O)(Nc1nc(-c2ccccc2)cn1/N=C/c1ccc(F)cc1)c1ccc(Br)cc1. The van der Waals surface area contributed by atoms with Crippen molar-refractivity contribution in [3.63, 3.8) is 0 Å². The van der Waals surface area contributed by atoms with Crippen molar-refractivity contribution in [1.29, 1.82) is 0 Å². The molecule has 31 heavy (non-hydrogen) atoms. The summed E-state index contributed by atoms with van der Waals surface area (Å²) in [5.74, 6) is -0.325. The maximum absolute atomic E-state index is 13.1. The molecule has 0 saturated heterocycles. The van der Waals surface area contributed by atoms with E-state index in [0.717, 1.165) is 10.0 Å². The van der Waals surface area contributed by atoms with Crippen molar-refractivity contribution < 1.29 is 12.8 Å². The normalized spacial score (nSPS) is 11.7. The number of halogens is 2. The predicted molar refractivity (Wildman–Crippen MR) is 122 cm³/mol. The summed E-state index contributed by atoms with van der Waals surface area (Å²) in [7, 11) is -3.89. The molecule has 1 aromatic heterocycles. The molecule has 0 fully saturated rings. The highest BCUT2D eigenvalue weighted by atomic mass is 79.9. The van der Waals surface area contributed by atoms with Gasteiger partial charge in [-0.25, -0.2) is 27.2 Å². The minimum absolute atomic E-state index is 0.0279. The zero-order valence-electron chi connectivity index (χ0n) is 16.0. The Morgan fingerprint density at radius 2 is 1.65 bits per heavy atom. The lowest BCUT2D eigenvalue weighted by Gasteiger charge is -2.07. The Bertz CT molecular complexity index is 1320. The Hall–Kier alpha value is -3.30. The second-order valence-electron chi connectivity index (χ2n) is 6.52. The topological polar surface area (TPSA) is 76.3 Å². The minimum Gasteiger partial charge on any atom is -0.247 e. The Labute approximate surface area is 187 Å². The third-order valence-corrected chi connectivity index (χ3v) is 6.18. The van der Waals surface area contributed by atoms with Gasteiger partial charge in [0.2, 0.25) is 5.95 Å². The summed E-state index contributed by atoms with van der Waals surface area (Å²) in [6.45, 7) is 0. The van der Waals surface area contributed by atoms with Gasteiger partial charge in [-0.3, -0.25) is 0 Å². The van der Waals surface area contributed by atoms with Crippen molar-refractivity contribution in [3.05, 3.63) is 101 Å². The number of anilines is 1. The third-order valence-electron chi connectivity index (χ3n) is 4.31. The number of nitrogens with one attached hydrogen (secondary N) is 1. The maximum atomic E-state index is 13.1. The lowest BCUT2D eigenvalue weighted by atomic mass is 10.2. The molecule has 0 amide bonds. The molecular formula is C22H16BrFN4O2S. The van der Waals surface area contributed by atoms with Crippen LogP contribution in [0.25, 0.3) is 11.3 Å². The summed E-state index contributed by atoms with van der Waals surface area (Å²) in [5, 5.41) is 4.32. The summed E-state index contributed by atoms with van der Waals surface area (Å²) in [6, 6.07) is 21.4. The Morgan fingerprint density at radius 1 is 0.968 bits per heavy atom. The first-order chi connectivity index (χ1) is 14.9. The van der Waals surface area contributed by atoms with Crippen LogP contribution in [0.15, 0.2) is 99.5 Å². The second kappa shape index (κ2) is 8.83. The highest BCUT2D eigenvalue weighted by Crippen LogP contribution is 2.23. The summed E-state index contributed by atoms with van der Waals surface area (Å²) in [4.78, 5) is 4.52. The Morgan fingerprint density at radius 3 is 2.32 bits per heavy atom. The van der Waals surface area contributed by atoms with Gasteiger partial charge in [-0.1, -0.05) is 58.4 Å². The Balaban J connectivity index is 1.71. The molecule has 9 heteroatoms. The summed E-state index contributed by atoms with van der Waals surface area (Å²) in [5.41, 5.74) is 2.01. The van der Waals surface area contributed by atoms with E-state index in [4.69, 9.17) is 0 Å². The monoisotopic (exact) mass is 498 g/mol. The van der Waals surface area contributed by atoms with Crippen molar-refractivity contribution in [2.75, 3.05) is 4.72 Å². The van der Waals surface area contributed by atoms with Crippen molar-refractivity contribution in [2.24, 2.45) is 5.10 Å². The number of sulfonamides is 1. The average Bonchev–Trinajstić information content (AvgIpc) is 3.16. The van der Waals surface area contributed by atoms with Crippen molar-refractivity contribution in [1.82, 2.24) is 9.66 Å². The van der Waals surface area contributed by atoms with E-state index in [2.05, 4.69) is 30.7 Å². The molecular weight excluding hydrogens is 483 g/mol. The summed E-state index contributed by atoms with van der Waals surface area (Å²) in [6.07, 6.45) is 3.11. The van der Waals surface area contributed by atoms with Gasteiger partial charge in [0.1, 0.15) is 5.82 Å². The number of hydrogen-bond acceptors (Lipinski definition) is 4. The zero-order valence-corrected chi connectivity index (χ0v) is 18.4. The van der Waals surface area contributed by atoms with Crippen molar-refractivity contribution in [3.8, 4) is 11.3 Å². The third kappa shape index (κ3) is 5.07. The molecule has 6 nitrogen and oxygen atoms in total. The first-order valence-corrected chi connectivity index (χ1v) is 11.4. The first kappa shape index (κ1) is 21.0. The van der Waals surface area contributed by atoms with Crippen LogP contribution in [0.3, 0.4) is 0 Å². The molecule has 1 heterocycles. The molecule has 0 atom stereocenters. The molecule has 156 valence electrons. The molecule has 0 bridgehead atoms. The predicted octanol–water partition coefficient (Wildman–Crippen LogP) is 5.13. The first-order valence-electron chi connectivity index (χ1n) is 9.14. The standard InChI is InChI=1S/C22H16BrFN4O2S/c23-18-8-12-20(13-9-18)31(29,30)27-22-26-21(17-4-2-1-3-5-17)15-28(22)25-14-16-6-10-19(24)11-7-16/h1-15H,(H,26,27)/b25-14+. The average molecular weight is 499 g/mol.